The summed E-state index contributed by atoms with van der Waals surface area (Å²) in [6, 6.07) is 15.3. The molecule has 5 heteroatoms. The van der Waals surface area contributed by atoms with Crippen LogP contribution in [-0.2, 0) is 6.54 Å². The molecule has 2 aromatic carbocycles. The first kappa shape index (κ1) is 17.1. The Hall–Kier alpha value is -2.30. The maximum atomic E-state index is 12.5. The number of hydrogen-bond donors (Lipinski definition) is 2. The smallest absolute Gasteiger partial charge is 0.259 e. The molecule has 1 heterocycles. The van der Waals surface area contributed by atoms with Crippen molar-refractivity contribution in [3.05, 3.63) is 65.9 Å². The van der Waals surface area contributed by atoms with E-state index >= 15 is 0 Å². The molecule has 3 aromatic rings. The summed E-state index contributed by atoms with van der Waals surface area (Å²) in [6.45, 7) is 3.66. The normalized spacial score (nSPS) is 10.3. The lowest BCUT2D eigenvalue weighted by Crippen LogP contribution is -2.16. The fourth-order valence-corrected chi connectivity index (χ4v) is 2.40. The first-order chi connectivity index (χ1) is 10.8. The van der Waals surface area contributed by atoms with Crippen LogP contribution in [0.2, 0.25) is 0 Å². The number of furan rings is 1. The Morgan fingerprint density at radius 1 is 1.09 bits per heavy atom. The first-order valence-corrected chi connectivity index (χ1v) is 7.36. The number of benzene rings is 2. The predicted octanol–water partition coefficient (Wildman–Crippen LogP) is 4.22. The van der Waals surface area contributed by atoms with E-state index in [0.29, 0.717) is 11.1 Å². The Morgan fingerprint density at radius 3 is 2.65 bits per heavy atom. The summed E-state index contributed by atoms with van der Waals surface area (Å²) in [4.78, 5) is 12.5. The van der Waals surface area contributed by atoms with Gasteiger partial charge in [0.25, 0.3) is 5.91 Å². The molecule has 0 saturated carbocycles. The van der Waals surface area contributed by atoms with Gasteiger partial charge in [-0.25, -0.2) is 0 Å². The molecule has 1 aromatic heterocycles. The van der Waals surface area contributed by atoms with Gasteiger partial charge in [0.1, 0.15) is 11.8 Å². The zero-order valence-corrected chi connectivity index (χ0v) is 13.7. The van der Waals surface area contributed by atoms with Crippen LogP contribution >= 0.6 is 12.4 Å². The van der Waals surface area contributed by atoms with E-state index in [1.54, 1.807) is 0 Å². The highest BCUT2D eigenvalue weighted by Gasteiger charge is 2.14. The highest BCUT2D eigenvalue weighted by Crippen LogP contribution is 2.23. The van der Waals surface area contributed by atoms with Crippen molar-refractivity contribution in [2.45, 2.75) is 13.5 Å². The van der Waals surface area contributed by atoms with Crippen LogP contribution in [0.3, 0.4) is 0 Å². The van der Waals surface area contributed by atoms with Gasteiger partial charge in [-0.15, -0.1) is 12.4 Å². The van der Waals surface area contributed by atoms with Crippen molar-refractivity contribution in [1.82, 2.24) is 5.32 Å². The second-order valence-corrected chi connectivity index (χ2v) is 5.04. The number of para-hydroxylation sites is 2. The van der Waals surface area contributed by atoms with Crippen molar-refractivity contribution < 1.29 is 9.21 Å². The largest absolute Gasteiger partial charge is 0.463 e. The molecule has 0 bridgehead atoms. The van der Waals surface area contributed by atoms with Crippen molar-refractivity contribution in [2.24, 2.45) is 0 Å². The molecule has 4 nitrogen and oxygen atoms in total. The predicted molar refractivity (Wildman–Crippen MR) is 95.2 cm³/mol. The minimum atomic E-state index is -0.158. The molecule has 0 atom stereocenters. The van der Waals surface area contributed by atoms with Gasteiger partial charge >= 0.3 is 0 Å². The van der Waals surface area contributed by atoms with Crippen molar-refractivity contribution in [2.75, 3.05) is 11.9 Å². The van der Waals surface area contributed by atoms with Gasteiger partial charge in [0.05, 0.1) is 5.56 Å². The fraction of sp³-hybridized carbons (Fsp3) is 0.167. The van der Waals surface area contributed by atoms with Gasteiger partial charge in [-0.1, -0.05) is 43.3 Å². The average Bonchev–Trinajstić information content (AvgIpc) is 2.98. The second-order valence-electron chi connectivity index (χ2n) is 5.04. The summed E-state index contributed by atoms with van der Waals surface area (Å²) < 4.78 is 5.43. The van der Waals surface area contributed by atoms with Crippen LogP contribution in [0.4, 0.5) is 5.69 Å². The average molecular weight is 331 g/mol. The van der Waals surface area contributed by atoms with Crippen LogP contribution in [0.1, 0.15) is 22.8 Å². The van der Waals surface area contributed by atoms with Crippen molar-refractivity contribution in [3.63, 3.8) is 0 Å². The Bertz CT molecular complexity index is 798. The molecule has 2 N–H and O–H groups in total. The standard InChI is InChI=1S/C18H18N2O2.ClH/c1-2-19-11-13-7-3-5-9-16(13)20-18(21)15-12-22-17-10-6-4-8-14(15)17;/h3-10,12,19H,2,11H2,1H3,(H,20,21);1H. The zero-order chi connectivity index (χ0) is 15.4. The number of halogens is 1. The quantitative estimate of drug-likeness (QED) is 0.736. The van der Waals surface area contributed by atoms with E-state index in [4.69, 9.17) is 4.42 Å². The lowest BCUT2D eigenvalue weighted by molar-refractivity contribution is 0.102. The summed E-state index contributed by atoms with van der Waals surface area (Å²) in [5, 5.41) is 7.07. The van der Waals surface area contributed by atoms with Crippen molar-refractivity contribution in [1.29, 1.82) is 0 Å². The van der Waals surface area contributed by atoms with Gasteiger partial charge in [0.2, 0.25) is 0 Å². The number of fused-ring (bicyclic) bond motifs is 1. The molecule has 0 saturated heterocycles. The maximum Gasteiger partial charge on any atom is 0.259 e. The highest BCUT2D eigenvalue weighted by molar-refractivity contribution is 6.12. The monoisotopic (exact) mass is 330 g/mol. The van der Waals surface area contributed by atoms with Crippen LogP contribution in [0.15, 0.2) is 59.2 Å². The molecule has 0 aliphatic carbocycles. The molecule has 3 rings (SSSR count). The molecular weight excluding hydrogens is 312 g/mol. The number of rotatable bonds is 5. The number of carbonyl (C=O) groups excluding carboxylic acids is 1. The number of nitrogens with one attached hydrogen (secondary N) is 2. The Labute approximate surface area is 141 Å². The van der Waals surface area contributed by atoms with Crippen molar-refractivity contribution >= 4 is 35.0 Å². The lowest BCUT2D eigenvalue weighted by Gasteiger charge is -2.10. The van der Waals surface area contributed by atoms with Gasteiger partial charge in [0, 0.05) is 17.6 Å². The van der Waals surface area contributed by atoms with Crippen LogP contribution in [-0.4, -0.2) is 12.5 Å². The van der Waals surface area contributed by atoms with Crippen LogP contribution < -0.4 is 10.6 Å². The fourth-order valence-electron chi connectivity index (χ4n) is 2.40. The van der Waals surface area contributed by atoms with Crippen LogP contribution in [0, 0.1) is 0 Å². The molecule has 0 spiro atoms. The van der Waals surface area contributed by atoms with E-state index in [0.717, 1.165) is 29.7 Å². The van der Waals surface area contributed by atoms with Crippen LogP contribution in [0.5, 0.6) is 0 Å². The third kappa shape index (κ3) is 3.73. The van der Waals surface area contributed by atoms with E-state index in [1.807, 2.05) is 48.5 Å². The van der Waals surface area contributed by atoms with E-state index in [9.17, 15) is 4.79 Å². The number of amides is 1. The van der Waals surface area contributed by atoms with Crippen LogP contribution in [0.25, 0.3) is 11.0 Å². The minimum Gasteiger partial charge on any atom is -0.463 e. The Morgan fingerprint density at radius 2 is 1.83 bits per heavy atom. The molecular formula is C18H19ClN2O2. The Kier molecular flexibility index (Phi) is 5.79. The molecule has 0 radical (unpaired) electrons. The van der Waals surface area contributed by atoms with Gasteiger partial charge in [-0.2, -0.15) is 0 Å². The molecule has 0 unspecified atom stereocenters. The number of carbonyl (C=O) groups is 1. The molecule has 23 heavy (non-hydrogen) atoms. The lowest BCUT2D eigenvalue weighted by atomic mass is 10.1. The summed E-state index contributed by atoms with van der Waals surface area (Å²) >= 11 is 0. The zero-order valence-electron chi connectivity index (χ0n) is 12.8. The Balaban J connectivity index is 0.00000192. The van der Waals surface area contributed by atoms with Gasteiger partial charge in [0.15, 0.2) is 0 Å². The van der Waals surface area contributed by atoms with E-state index in [1.165, 1.54) is 6.26 Å². The molecule has 0 aliphatic rings. The van der Waals surface area contributed by atoms with Gasteiger partial charge < -0.3 is 15.1 Å². The molecule has 0 fully saturated rings. The third-order valence-electron chi connectivity index (χ3n) is 3.56. The SMILES string of the molecule is CCNCc1ccccc1NC(=O)c1coc2ccccc12.Cl. The van der Waals surface area contributed by atoms with Gasteiger partial charge in [-0.05, 0) is 24.2 Å². The van der Waals surface area contributed by atoms with E-state index in [2.05, 4.69) is 17.6 Å². The summed E-state index contributed by atoms with van der Waals surface area (Å²) in [7, 11) is 0. The first-order valence-electron chi connectivity index (χ1n) is 7.36. The molecule has 120 valence electrons. The van der Waals surface area contributed by atoms with E-state index < -0.39 is 0 Å². The molecule has 0 aliphatic heterocycles. The molecule has 1 amide bonds. The highest BCUT2D eigenvalue weighted by atomic mass is 35.5. The van der Waals surface area contributed by atoms with E-state index in [-0.39, 0.29) is 18.3 Å². The third-order valence-corrected chi connectivity index (χ3v) is 3.56. The second kappa shape index (κ2) is 7.81. The van der Waals surface area contributed by atoms with Gasteiger partial charge in [-0.3, -0.25) is 4.79 Å². The summed E-state index contributed by atoms with van der Waals surface area (Å²) in [5.74, 6) is -0.158. The topological polar surface area (TPSA) is 54.3 Å². The minimum absolute atomic E-state index is 0. The summed E-state index contributed by atoms with van der Waals surface area (Å²) in [6.07, 6.45) is 1.51. The maximum absolute atomic E-state index is 12.5. The summed E-state index contributed by atoms with van der Waals surface area (Å²) in [5.41, 5.74) is 3.15. The number of hydrogen-bond acceptors (Lipinski definition) is 3. The number of anilines is 1. The van der Waals surface area contributed by atoms with Crippen molar-refractivity contribution in [3.8, 4) is 0 Å².